The van der Waals surface area contributed by atoms with Crippen LogP contribution < -0.4 is 38.1 Å². The number of unbranched alkanes of at least 4 members (excludes halogenated alkanes) is 1. The van der Waals surface area contributed by atoms with Crippen LogP contribution in [0, 0.1) is 0 Å². The van der Waals surface area contributed by atoms with Crippen molar-refractivity contribution >= 4 is 52.3 Å². The van der Waals surface area contributed by atoms with Crippen LogP contribution in [0.4, 0.5) is 0 Å². The number of H-pyrrole nitrogens is 1. The van der Waals surface area contributed by atoms with Gasteiger partial charge in [0.15, 0.2) is 0 Å². The fraction of sp³-hybridized carbons (Fsp3) is 0.298. The lowest BCUT2D eigenvalue weighted by molar-refractivity contribution is -0.141. The Morgan fingerprint density at radius 1 is 0.641 bits per heavy atom. The zero-order chi connectivity index (χ0) is 46.2. The van der Waals surface area contributed by atoms with Crippen LogP contribution in [0.1, 0.15) is 49.3 Å². The van der Waals surface area contributed by atoms with Crippen LogP contribution in [0.5, 0.6) is 5.75 Å². The number of benzene rings is 4. The molecule has 0 spiro atoms. The molecule has 0 saturated heterocycles. The second-order valence-corrected chi connectivity index (χ2v) is 15.5. The Morgan fingerprint density at radius 3 is 1.89 bits per heavy atom. The van der Waals surface area contributed by atoms with Crippen LogP contribution in [-0.4, -0.2) is 93.4 Å². The standard InChI is InChI=1S/C47H54N8O9/c1-2-3-12-37(45(62)55-40(25-42(58)59)47(64)54-38(43(49)60)23-29-14-18-31(19-15-29)30-9-5-4-6-10-30)53-46(63)39(24-32-26-50-36-13-8-7-11-34(32)36)52-41(57)27-51-44(61)35(48)22-28-16-20-33(56)21-17-28/h4-11,13-21,26,35,37-40,50,56H,2-3,12,22-25,27,48H2,1H3,(H2,49,60)(H,51,61)(H,52,57)(H,53,63)(H,54,64)(H,55,62)(H,58,59)/t35-,37-,38-,39-,40-/m0/s1. The van der Waals surface area contributed by atoms with Gasteiger partial charge in [-0.05, 0) is 58.9 Å². The molecule has 5 aromatic rings. The first kappa shape index (κ1) is 47.5. The summed E-state index contributed by atoms with van der Waals surface area (Å²) in [6, 6.07) is 23.9. The lowest BCUT2D eigenvalue weighted by Gasteiger charge is -2.26. The van der Waals surface area contributed by atoms with Gasteiger partial charge in [-0.3, -0.25) is 33.6 Å². The van der Waals surface area contributed by atoms with E-state index in [1.165, 1.54) is 12.1 Å². The smallest absolute Gasteiger partial charge is 0.305 e. The molecule has 4 aromatic carbocycles. The van der Waals surface area contributed by atoms with Gasteiger partial charge in [0, 0.05) is 29.9 Å². The molecule has 17 nitrogen and oxygen atoms in total. The Kier molecular flexibility index (Phi) is 17.1. The van der Waals surface area contributed by atoms with Crippen molar-refractivity contribution < 1.29 is 43.8 Å². The number of primary amides is 1. The van der Waals surface area contributed by atoms with Gasteiger partial charge in [-0.1, -0.05) is 105 Å². The maximum absolute atomic E-state index is 14.1. The monoisotopic (exact) mass is 874 g/mol. The van der Waals surface area contributed by atoms with Gasteiger partial charge >= 0.3 is 5.97 Å². The van der Waals surface area contributed by atoms with Crippen molar-refractivity contribution in [1.82, 2.24) is 31.6 Å². The predicted octanol–water partition coefficient (Wildman–Crippen LogP) is 2.10. The zero-order valence-electron chi connectivity index (χ0n) is 35.3. The molecule has 0 fully saturated rings. The van der Waals surface area contributed by atoms with Crippen molar-refractivity contribution in [3.05, 3.63) is 126 Å². The normalized spacial score (nSPS) is 13.3. The molecule has 0 radical (unpaired) electrons. The van der Waals surface area contributed by atoms with E-state index in [2.05, 4.69) is 31.6 Å². The topological polar surface area (TPSA) is 288 Å². The number of carboxylic acids is 1. The summed E-state index contributed by atoms with van der Waals surface area (Å²) in [5, 5.41) is 32.8. The van der Waals surface area contributed by atoms with Gasteiger partial charge in [0.2, 0.25) is 35.4 Å². The summed E-state index contributed by atoms with van der Waals surface area (Å²) < 4.78 is 0. The number of aromatic amines is 1. The number of hydrogen-bond acceptors (Lipinski definition) is 9. The SMILES string of the molecule is CCCC[C@H](NC(=O)[C@H](Cc1c[nH]c2ccccc12)NC(=O)CNC(=O)[C@@H](N)Cc1ccc(O)cc1)C(=O)N[C@@H](CC(=O)O)C(=O)N[C@@H](Cc1ccc(-c2ccccc2)cc1)C(N)=O. The average Bonchev–Trinajstić information content (AvgIpc) is 3.69. The molecule has 1 heterocycles. The number of hydrogen-bond donors (Lipinski definition) is 10. The highest BCUT2D eigenvalue weighted by Crippen LogP contribution is 2.21. The number of aliphatic carboxylic acids is 1. The molecule has 5 atom stereocenters. The number of carbonyl (C=O) groups is 7. The molecule has 0 unspecified atom stereocenters. The molecule has 5 rings (SSSR count). The number of phenolic OH excluding ortho intramolecular Hbond substituents is 1. The minimum Gasteiger partial charge on any atom is -0.508 e. The summed E-state index contributed by atoms with van der Waals surface area (Å²) in [6.07, 6.45) is 2.05. The fourth-order valence-corrected chi connectivity index (χ4v) is 7.05. The first-order valence-electron chi connectivity index (χ1n) is 20.9. The molecule has 0 aliphatic rings. The van der Waals surface area contributed by atoms with Crippen LogP contribution in [0.3, 0.4) is 0 Å². The average molecular weight is 875 g/mol. The summed E-state index contributed by atoms with van der Waals surface area (Å²) in [6.45, 7) is 1.33. The third-order valence-corrected chi connectivity index (χ3v) is 10.6. The van der Waals surface area contributed by atoms with Crippen molar-refractivity contribution in [2.45, 2.75) is 82.1 Å². The minimum atomic E-state index is -1.67. The maximum Gasteiger partial charge on any atom is 0.305 e. The van der Waals surface area contributed by atoms with Gasteiger partial charge in [0.05, 0.1) is 19.0 Å². The van der Waals surface area contributed by atoms with Crippen LogP contribution in [-0.2, 0) is 52.8 Å². The number of phenols is 1. The lowest BCUT2D eigenvalue weighted by Crippen LogP contribution is -2.59. The summed E-state index contributed by atoms with van der Waals surface area (Å²) in [5.74, 6) is -6.22. The van der Waals surface area contributed by atoms with Gasteiger partial charge in [0.25, 0.3) is 0 Å². The molecule has 6 amide bonds. The van der Waals surface area contributed by atoms with E-state index < -0.39 is 84.6 Å². The number of para-hydroxylation sites is 1. The number of aromatic nitrogens is 1. The lowest BCUT2D eigenvalue weighted by atomic mass is 10.00. The van der Waals surface area contributed by atoms with Gasteiger partial charge in [0.1, 0.15) is 29.9 Å². The van der Waals surface area contributed by atoms with E-state index in [-0.39, 0.29) is 31.4 Å². The molecule has 0 aliphatic heterocycles. The van der Waals surface area contributed by atoms with Gasteiger partial charge in [-0.25, -0.2) is 0 Å². The molecule has 64 heavy (non-hydrogen) atoms. The van der Waals surface area contributed by atoms with Crippen molar-refractivity contribution in [3.63, 3.8) is 0 Å². The zero-order valence-corrected chi connectivity index (χ0v) is 35.3. The number of aromatic hydroxyl groups is 1. The number of fused-ring (bicyclic) bond motifs is 1. The van der Waals surface area contributed by atoms with Gasteiger partial charge < -0.3 is 53.2 Å². The number of nitrogens with two attached hydrogens (primary N) is 2. The molecule has 17 heteroatoms. The second-order valence-electron chi connectivity index (χ2n) is 15.5. The summed E-state index contributed by atoms with van der Waals surface area (Å²) >= 11 is 0. The van der Waals surface area contributed by atoms with E-state index >= 15 is 0 Å². The van der Waals surface area contributed by atoms with E-state index in [4.69, 9.17) is 11.5 Å². The third kappa shape index (κ3) is 14.0. The number of carbonyl (C=O) groups excluding carboxylic acids is 6. The van der Waals surface area contributed by atoms with Crippen LogP contribution in [0.25, 0.3) is 22.0 Å². The van der Waals surface area contributed by atoms with Crippen molar-refractivity contribution in [2.75, 3.05) is 6.54 Å². The minimum absolute atomic E-state index is 0.0150. The molecule has 12 N–H and O–H groups in total. The largest absolute Gasteiger partial charge is 0.508 e. The molecule has 0 aliphatic carbocycles. The Morgan fingerprint density at radius 2 is 1.22 bits per heavy atom. The summed E-state index contributed by atoms with van der Waals surface area (Å²) in [5.41, 5.74) is 16.4. The maximum atomic E-state index is 14.1. The van der Waals surface area contributed by atoms with Gasteiger partial charge in [-0.2, -0.15) is 0 Å². The number of amides is 6. The number of nitrogens with one attached hydrogen (secondary N) is 6. The summed E-state index contributed by atoms with van der Waals surface area (Å²) in [7, 11) is 0. The number of rotatable bonds is 23. The van der Waals surface area contributed by atoms with Gasteiger partial charge in [-0.15, -0.1) is 0 Å². The Hall–Kier alpha value is -7.53. The van der Waals surface area contributed by atoms with E-state index in [1.54, 1.807) is 30.5 Å². The number of carboxylic acid groups (broad SMARTS) is 1. The third-order valence-electron chi connectivity index (χ3n) is 10.6. The Balaban J connectivity index is 1.27. The highest BCUT2D eigenvalue weighted by molar-refractivity contribution is 5.97. The van der Waals surface area contributed by atoms with Crippen LogP contribution >= 0.6 is 0 Å². The van der Waals surface area contributed by atoms with Crippen molar-refractivity contribution in [2.24, 2.45) is 11.5 Å². The molecule has 0 bridgehead atoms. The first-order valence-corrected chi connectivity index (χ1v) is 20.9. The molecular formula is C47H54N8O9. The second kappa shape index (κ2) is 23.1. The van der Waals surface area contributed by atoms with E-state index in [1.807, 2.05) is 73.7 Å². The molecule has 336 valence electrons. The van der Waals surface area contributed by atoms with E-state index in [0.29, 0.717) is 29.5 Å². The van der Waals surface area contributed by atoms with E-state index in [9.17, 15) is 43.8 Å². The molecular weight excluding hydrogens is 821 g/mol. The highest BCUT2D eigenvalue weighted by Gasteiger charge is 2.32. The van der Waals surface area contributed by atoms with Crippen molar-refractivity contribution in [1.29, 1.82) is 0 Å². The fourth-order valence-electron chi connectivity index (χ4n) is 7.05. The molecule has 1 aromatic heterocycles. The summed E-state index contributed by atoms with van der Waals surface area (Å²) in [4.78, 5) is 95.4. The molecule has 0 saturated carbocycles. The Bertz CT molecular complexity index is 2400. The predicted molar refractivity (Wildman–Crippen MR) is 239 cm³/mol. The highest BCUT2D eigenvalue weighted by atomic mass is 16.4. The van der Waals surface area contributed by atoms with Crippen LogP contribution in [0.15, 0.2) is 109 Å². The quantitative estimate of drug-likeness (QED) is 0.0456. The van der Waals surface area contributed by atoms with E-state index in [0.717, 1.165) is 22.0 Å². The van der Waals surface area contributed by atoms with Crippen LogP contribution in [0.2, 0.25) is 0 Å². The van der Waals surface area contributed by atoms with Crippen molar-refractivity contribution in [3.8, 4) is 16.9 Å². The first-order chi connectivity index (χ1) is 30.7. The Labute approximate surface area is 369 Å².